The molecule has 0 N–H and O–H groups in total. The lowest BCUT2D eigenvalue weighted by molar-refractivity contribution is -0.127. The van der Waals surface area contributed by atoms with Crippen molar-refractivity contribution in [1.82, 2.24) is 9.80 Å². The predicted octanol–water partition coefficient (Wildman–Crippen LogP) is 4.11. The number of thioether (sulfide) groups is 1. The number of carbonyl (C=O) groups excluding carboxylic acids is 3. The Bertz CT molecular complexity index is 820. The molecule has 1 heterocycles. The highest BCUT2D eigenvalue weighted by molar-refractivity contribution is 8.13. The fraction of sp³-hybridized carbons (Fsp3) is 0.625. The molecule has 4 saturated carbocycles. The Hall–Kier alpha value is -1.82. The minimum Gasteiger partial charge on any atom is -0.309 e. The molecule has 0 aromatic heterocycles. The Labute approximate surface area is 182 Å². The molecule has 1 unspecified atom stereocenters. The van der Waals surface area contributed by atoms with Gasteiger partial charge in [-0.25, -0.2) is 4.79 Å². The molecule has 1 aromatic carbocycles. The summed E-state index contributed by atoms with van der Waals surface area (Å²) in [5, 5.41) is 0.0186. The number of nitrogens with zero attached hydrogens (tertiary/aromatic N) is 2. The van der Waals surface area contributed by atoms with Crippen LogP contribution in [-0.4, -0.2) is 50.7 Å². The first-order valence-corrected chi connectivity index (χ1v) is 12.2. The van der Waals surface area contributed by atoms with Gasteiger partial charge in [-0.2, -0.15) is 0 Å². The Morgan fingerprint density at radius 2 is 1.67 bits per heavy atom. The predicted molar refractivity (Wildman–Crippen MR) is 117 cm³/mol. The molecule has 0 spiro atoms. The summed E-state index contributed by atoms with van der Waals surface area (Å²) in [7, 11) is 0. The molecule has 5 aliphatic rings. The van der Waals surface area contributed by atoms with E-state index in [4.69, 9.17) is 0 Å². The number of imide groups is 1. The lowest BCUT2D eigenvalue weighted by Crippen LogP contribution is -2.61. The van der Waals surface area contributed by atoms with Crippen molar-refractivity contribution < 1.29 is 14.4 Å². The molecule has 160 valence electrons. The number of rotatable bonds is 6. The van der Waals surface area contributed by atoms with E-state index in [9.17, 15) is 14.4 Å². The SMILES string of the molecule is CC(=O)SCC(Cc1ccccc1)N1C(=O)CN(C23CC4CC(CC(C4)C2)C3)C1=O. The average Bonchev–Trinajstić information content (AvgIpc) is 3.00. The van der Waals surface area contributed by atoms with Crippen LogP contribution < -0.4 is 0 Å². The molecule has 6 rings (SSSR count). The highest BCUT2D eigenvalue weighted by Crippen LogP contribution is 2.58. The summed E-state index contributed by atoms with van der Waals surface area (Å²) < 4.78 is 0. The van der Waals surface area contributed by atoms with E-state index in [-0.39, 0.29) is 35.2 Å². The van der Waals surface area contributed by atoms with Crippen molar-refractivity contribution >= 4 is 28.8 Å². The molecule has 6 heteroatoms. The third-order valence-corrected chi connectivity index (χ3v) is 8.69. The Balaban J connectivity index is 1.39. The van der Waals surface area contributed by atoms with Crippen LogP contribution in [0, 0.1) is 17.8 Å². The van der Waals surface area contributed by atoms with Crippen molar-refractivity contribution in [2.75, 3.05) is 12.3 Å². The van der Waals surface area contributed by atoms with Crippen molar-refractivity contribution in [3.8, 4) is 0 Å². The van der Waals surface area contributed by atoms with E-state index in [2.05, 4.69) is 0 Å². The zero-order chi connectivity index (χ0) is 20.9. The van der Waals surface area contributed by atoms with E-state index >= 15 is 0 Å². The number of benzene rings is 1. The van der Waals surface area contributed by atoms with Gasteiger partial charge in [0, 0.05) is 18.2 Å². The summed E-state index contributed by atoms with van der Waals surface area (Å²) in [4.78, 5) is 41.8. The van der Waals surface area contributed by atoms with Gasteiger partial charge in [0.1, 0.15) is 6.54 Å². The van der Waals surface area contributed by atoms with Crippen LogP contribution in [0.3, 0.4) is 0 Å². The zero-order valence-corrected chi connectivity index (χ0v) is 18.4. The van der Waals surface area contributed by atoms with Gasteiger partial charge in [-0.1, -0.05) is 42.1 Å². The van der Waals surface area contributed by atoms with Crippen LogP contribution in [0.2, 0.25) is 0 Å². The molecule has 4 bridgehead atoms. The molecule has 5 fully saturated rings. The van der Waals surface area contributed by atoms with Gasteiger partial charge in [0.05, 0.1) is 6.04 Å². The Kier molecular flexibility index (Phi) is 5.16. The smallest absolute Gasteiger partial charge is 0.309 e. The number of hydrogen-bond donors (Lipinski definition) is 0. The van der Waals surface area contributed by atoms with Gasteiger partial charge in [0.2, 0.25) is 0 Å². The quantitative estimate of drug-likeness (QED) is 0.643. The van der Waals surface area contributed by atoms with Gasteiger partial charge in [-0.05, 0) is 68.3 Å². The second-order valence-electron chi connectivity index (χ2n) is 9.92. The molecule has 1 saturated heterocycles. The van der Waals surface area contributed by atoms with Crippen LogP contribution >= 0.6 is 11.8 Å². The summed E-state index contributed by atoms with van der Waals surface area (Å²) in [5.74, 6) is 2.53. The van der Waals surface area contributed by atoms with Gasteiger partial charge >= 0.3 is 6.03 Å². The van der Waals surface area contributed by atoms with Crippen molar-refractivity contribution in [3.63, 3.8) is 0 Å². The molecule has 1 aromatic rings. The van der Waals surface area contributed by atoms with Crippen LogP contribution in [0.15, 0.2) is 30.3 Å². The molecular weight excluding hydrogens is 396 g/mol. The van der Waals surface area contributed by atoms with Gasteiger partial charge in [0.15, 0.2) is 5.12 Å². The summed E-state index contributed by atoms with van der Waals surface area (Å²) in [6, 6.07) is 9.54. The summed E-state index contributed by atoms with van der Waals surface area (Å²) in [5.41, 5.74) is 0.974. The van der Waals surface area contributed by atoms with E-state index in [0.717, 1.165) is 42.6 Å². The van der Waals surface area contributed by atoms with Crippen LogP contribution in [0.5, 0.6) is 0 Å². The van der Waals surface area contributed by atoms with Crippen molar-refractivity contribution in [3.05, 3.63) is 35.9 Å². The van der Waals surface area contributed by atoms with E-state index in [1.54, 1.807) is 6.92 Å². The van der Waals surface area contributed by atoms with E-state index in [0.29, 0.717) is 12.2 Å². The van der Waals surface area contributed by atoms with Gasteiger partial charge in [-0.3, -0.25) is 14.5 Å². The Morgan fingerprint density at radius 1 is 1.07 bits per heavy atom. The van der Waals surface area contributed by atoms with E-state index < -0.39 is 0 Å². The molecule has 5 nitrogen and oxygen atoms in total. The monoisotopic (exact) mass is 426 g/mol. The average molecular weight is 427 g/mol. The van der Waals surface area contributed by atoms with Gasteiger partial charge in [-0.15, -0.1) is 0 Å². The van der Waals surface area contributed by atoms with Gasteiger partial charge < -0.3 is 4.90 Å². The standard InChI is InChI=1S/C24H30N2O3S/c1-16(27)30-15-21(10-17-5-3-2-4-6-17)26-22(28)14-25(23(26)29)24-11-18-7-19(12-24)9-20(8-18)13-24/h2-6,18-21H,7-15H2,1H3. The first-order valence-electron chi connectivity index (χ1n) is 11.2. The second-order valence-corrected chi connectivity index (χ2v) is 11.1. The minimum absolute atomic E-state index is 0.0186. The van der Waals surface area contributed by atoms with Crippen LogP contribution in [-0.2, 0) is 16.0 Å². The van der Waals surface area contributed by atoms with E-state index in [1.807, 2.05) is 35.2 Å². The fourth-order valence-electron chi connectivity index (χ4n) is 6.97. The summed E-state index contributed by atoms with van der Waals surface area (Å²) in [6.07, 6.45) is 7.72. The largest absolute Gasteiger partial charge is 0.327 e. The first-order chi connectivity index (χ1) is 14.4. The molecule has 1 atom stereocenters. The number of amides is 3. The van der Waals surface area contributed by atoms with E-state index in [1.165, 1.54) is 35.9 Å². The normalized spacial score (nSPS) is 33.4. The zero-order valence-electron chi connectivity index (χ0n) is 17.6. The van der Waals surface area contributed by atoms with Crippen molar-refractivity contribution in [2.45, 2.75) is 63.5 Å². The molecular formula is C24H30N2O3S. The van der Waals surface area contributed by atoms with Crippen LogP contribution in [0.1, 0.15) is 51.0 Å². The number of hydrogen-bond acceptors (Lipinski definition) is 4. The maximum Gasteiger partial charge on any atom is 0.327 e. The Morgan fingerprint density at radius 3 is 2.23 bits per heavy atom. The molecule has 3 amide bonds. The summed E-state index contributed by atoms with van der Waals surface area (Å²) in [6.45, 7) is 1.75. The topological polar surface area (TPSA) is 57.7 Å². The molecule has 0 radical (unpaired) electrons. The lowest BCUT2D eigenvalue weighted by atomic mass is 9.52. The van der Waals surface area contributed by atoms with Crippen LogP contribution in [0.25, 0.3) is 0 Å². The highest BCUT2D eigenvalue weighted by Gasteiger charge is 2.58. The fourth-order valence-corrected chi connectivity index (χ4v) is 7.66. The third kappa shape index (κ3) is 3.57. The molecule has 30 heavy (non-hydrogen) atoms. The molecule has 1 aliphatic heterocycles. The lowest BCUT2D eigenvalue weighted by Gasteiger charge is -2.59. The minimum atomic E-state index is -0.291. The van der Waals surface area contributed by atoms with Crippen molar-refractivity contribution in [1.29, 1.82) is 0 Å². The maximum atomic E-state index is 13.6. The second kappa shape index (κ2) is 7.70. The number of carbonyl (C=O) groups is 3. The van der Waals surface area contributed by atoms with Crippen molar-refractivity contribution in [2.24, 2.45) is 17.8 Å². The highest BCUT2D eigenvalue weighted by atomic mass is 32.2. The van der Waals surface area contributed by atoms with Crippen LogP contribution in [0.4, 0.5) is 4.79 Å². The maximum absolute atomic E-state index is 13.6. The number of urea groups is 1. The summed E-state index contributed by atoms with van der Waals surface area (Å²) >= 11 is 1.21. The molecule has 4 aliphatic carbocycles. The van der Waals surface area contributed by atoms with Gasteiger partial charge in [0.25, 0.3) is 5.91 Å². The first kappa shape index (κ1) is 20.1. The third-order valence-electron chi connectivity index (χ3n) is 7.74.